The van der Waals surface area contributed by atoms with E-state index in [-0.39, 0.29) is 18.7 Å². The summed E-state index contributed by atoms with van der Waals surface area (Å²) < 4.78 is 12.5. The van der Waals surface area contributed by atoms with Crippen LogP contribution < -0.4 is 9.47 Å². The number of hydrogen-bond acceptors (Lipinski definition) is 4. The summed E-state index contributed by atoms with van der Waals surface area (Å²) in [4.78, 5) is 15.0. The first kappa shape index (κ1) is 15.3. The summed E-state index contributed by atoms with van der Waals surface area (Å²) >= 11 is 6.42. The Labute approximate surface area is 144 Å². The van der Waals surface area contributed by atoms with Gasteiger partial charge in [-0.05, 0) is 31.9 Å². The quantitative estimate of drug-likeness (QED) is 0.837. The van der Waals surface area contributed by atoms with Crippen LogP contribution in [-0.4, -0.2) is 33.9 Å². The third-order valence-corrected chi connectivity index (χ3v) is 5.12. The van der Waals surface area contributed by atoms with E-state index >= 15 is 0 Å². The minimum absolute atomic E-state index is 0.0563. The second kappa shape index (κ2) is 5.70. The Kier molecular flexibility index (Phi) is 3.64. The van der Waals surface area contributed by atoms with Gasteiger partial charge in [0.2, 0.25) is 6.79 Å². The van der Waals surface area contributed by atoms with Gasteiger partial charge in [0.1, 0.15) is 5.15 Å². The minimum Gasteiger partial charge on any atom is -0.454 e. The molecule has 6 nitrogen and oxygen atoms in total. The van der Waals surface area contributed by atoms with Crippen LogP contribution in [0.1, 0.15) is 40.5 Å². The highest BCUT2D eigenvalue weighted by atomic mass is 35.5. The second-order valence-electron chi connectivity index (χ2n) is 6.11. The van der Waals surface area contributed by atoms with E-state index in [9.17, 15) is 4.79 Å². The molecule has 4 rings (SSSR count). The van der Waals surface area contributed by atoms with Gasteiger partial charge in [-0.25, -0.2) is 0 Å². The second-order valence-corrected chi connectivity index (χ2v) is 6.47. The number of carbonyl (C=O) groups excluding carboxylic acids is 1. The third-order valence-electron chi connectivity index (χ3n) is 4.67. The van der Waals surface area contributed by atoms with Crippen LogP contribution in [0.3, 0.4) is 0 Å². The van der Waals surface area contributed by atoms with Crippen molar-refractivity contribution in [3.8, 4) is 11.5 Å². The Morgan fingerprint density at radius 1 is 1.38 bits per heavy atom. The van der Waals surface area contributed by atoms with Gasteiger partial charge in [-0.1, -0.05) is 17.7 Å². The number of hydrogen-bond donors (Lipinski definition) is 0. The molecule has 126 valence electrons. The highest BCUT2D eigenvalue weighted by molar-refractivity contribution is 6.30. The highest BCUT2D eigenvalue weighted by Gasteiger charge is 2.36. The monoisotopic (exact) mass is 347 g/mol. The molecule has 2 aromatic rings. The number of carbonyl (C=O) groups is 1. The molecular formula is C17H18ClN3O3. The van der Waals surface area contributed by atoms with Gasteiger partial charge in [0.15, 0.2) is 11.5 Å². The lowest BCUT2D eigenvalue weighted by molar-refractivity contribution is 0.0730. The summed E-state index contributed by atoms with van der Waals surface area (Å²) in [6.45, 7) is 2.77. The van der Waals surface area contributed by atoms with Gasteiger partial charge in [-0.15, -0.1) is 0 Å². The molecule has 2 aliphatic heterocycles. The van der Waals surface area contributed by atoms with E-state index in [1.165, 1.54) is 0 Å². The van der Waals surface area contributed by atoms with Crippen LogP contribution in [0.2, 0.25) is 5.15 Å². The molecule has 1 amide bonds. The lowest BCUT2D eigenvalue weighted by Crippen LogP contribution is -2.31. The number of fused-ring (bicyclic) bond motifs is 1. The molecule has 1 aromatic heterocycles. The summed E-state index contributed by atoms with van der Waals surface area (Å²) in [6.07, 6.45) is 1.82. The number of aromatic nitrogens is 2. The molecule has 0 N–H and O–H groups in total. The highest BCUT2D eigenvalue weighted by Crippen LogP contribution is 2.41. The number of nitrogens with zero attached hydrogens (tertiary/aromatic N) is 3. The average molecular weight is 348 g/mol. The summed E-state index contributed by atoms with van der Waals surface area (Å²) in [7, 11) is 1.81. The number of benzene rings is 1. The average Bonchev–Trinajstić information content (AvgIpc) is 3.26. The van der Waals surface area contributed by atoms with Crippen LogP contribution in [0.15, 0.2) is 18.2 Å². The lowest BCUT2D eigenvalue weighted by atomic mass is 10.0. The summed E-state index contributed by atoms with van der Waals surface area (Å²) in [5.41, 5.74) is 2.34. The van der Waals surface area contributed by atoms with E-state index in [1.54, 1.807) is 10.7 Å². The van der Waals surface area contributed by atoms with Crippen LogP contribution in [-0.2, 0) is 7.05 Å². The first-order chi connectivity index (χ1) is 11.6. The molecule has 1 aromatic carbocycles. The van der Waals surface area contributed by atoms with Gasteiger partial charge >= 0.3 is 0 Å². The largest absolute Gasteiger partial charge is 0.454 e. The summed E-state index contributed by atoms with van der Waals surface area (Å²) in [5, 5.41) is 4.97. The molecule has 1 fully saturated rings. The van der Waals surface area contributed by atoms with Crippen LogP contribution in [0.5, 0.6) is 11.5 Å². The Bertz CT molecular complexity index is 818. The molecule has 0 spiro atoms. The molecule has 2 aliphatic rings. The van der Waals surface area contributed by atoms with Crippen molar-refractivity contribution in [2.75, 3.05) is 13.3 Å². The molecule has 1 unspecified atom stereocenters. The van der Waals surface area contributed by atoms with Gasteiger partial charge in [-0.3, -0.25) is 9.48 Å². The number of aryl methyl sites for hydroxylation is 2. The molecule has 0 aliphatic carbocycles. The Morgan fingerprint density at radius 3 is 2.96 bits per heavy atom. The fraction of sp³-hybridized carbons (Fsp3) is 0.412. The number of halogens is 1. The maximum atomic E-state index is 13.1. The zero-order valence-electron chi connectivity index (χ0n) is 13.6. The van der Waals surface area contributed by atoms with E-state index < -0.39 is 0 Å². The van der Waals surface area contributed by atoms with Gasteiger partial charge in [0.05, 0.1) is 17.3 Å². The Morgan fingerprint density at radius 2 is 2.21 bits per heavy atom. The molecule has 0 saturated carbocycles. The van der Waals surface area contributed by atoms with Crippen LogP contribution in [0, 0.1) is 6.92 Å². The normalized spacial score (nSPS) is 19.1. The topological polar surface area (TPSA) is 56.6 Å². The number of rotatable bonds is 2. The smallest absolute Gasteiger partial charge is 0.258 e. The van der Waals surface area contributed by atoms with Crippen molar-refractivity contribution in [1.82, 2.24) is 14.7 Å². The van der Waals surface area contributed by atoms with Crippen molar-refractivity contribution in [2.45, 2.75) is 25.8 Å². The van der Waals surface area contributed by atoms with Crippen LogP contribution in [0.4, 0.5) is 0 Å². The van der Waals surface area contributed by atoms with E-state index in [2.05, 4.69) is 5.10 Å². The minimum atomic E-state index is -0.0584. The number of ether oxygens (including phenoxy) is 2. The first-order valence-corrected chi connectivity index (χ1v) is 8.34. The zero-order valence-corrected chi connectivity index (χ0v) is 14.3. The van der Waals surface area contributed by atoms with Crippen molar-refractivity contribution in [3.05, 3.63) is 40.2 Å². The molecule has 0 radical (unpaired) electrons. The van der Waals surface area contributed by atoms with E-state index in [0.717, 1.165) is 24.1 Å². The van der Waals surface area contributed by atoms with E-state index in [1.807, 2.05) is 31.0 Å². The predicted molar refractivity (Wildman–Crippen MR) is 88.5 cm³/mol. The summed E-state index contributed by atoms with van der Waals surface area (Å²) in [6, 6.07) is 5.34. The maximum Gasteiger partial charge on any atom is 0.258 e. The van der Waals surface area contributed by atoms with E-state index in [0.29, 0.717) is 28.8 Å². The maximum absolute atomic E-state index is 13.1. The standard InChI is InChI=1S/C17H18ClN3O3/c1-10-14(16(18)20(2)19-10)12-6-4-8-21(12)17(22)11-5-3-7-13-15(11)24-9-23-13/h3,5,7,12H,4,6,8-9H2,1-2H3. The molecular weight excluding hydrogens is 330 g/mol. The predicted octanol–water partition coefficient (Wildman–Crippen LogP) is 3.09. The SMILES string of the molecule is Cc1nn(C)c(Cl)c1C1CCCN1C(=O)c1cccc2c1OCO2. The van der Waals surface area contributed by atoms with Gasteiger partial charge < -0.3 is 14.4 Å². The molecule has 0 bridgehead atoms. The van der Waals surface area contributed by atoms with E-state index in [4.69, 9.17) is 21.1 Å². The fourth-order valence-corrected chi connectivity index (χ4v) is 3.89. The number of amides is 1. The van der Waals surface area contributed by atoms with Crippen molar-refractivity contribution < 1.29 is 14.3 Å². The van der Waals surface area contributed by atoms with Crippen molar-refractivity contribution in [1.29, 1.82) is 0 Å². The number of para-hydroxylation sites is 1. The van der Waals surface area contributed by atoms with Crippen molar-refractivity contribution in [3.63, 3.8) is 0 Å². The molecule has 24 heavy (non-hydrogen) atoms. The Balaban J connectivity index is 1.71. The Hall–Kier alpha value is -2.21. The first-order valence-electron chi connectivity index (χ1n) is 7.96. The molecule has 3 heterocycles. The summed E-state index contributed by atoms with van der Waals surface area (Å²) in [5.74, 6) is 1.09. The van der Waals surface area contributed by atoms with Gasteiger partial charge in [-0.2, -0.15) is 5.10 Å². The molecule has 7 heteroatoms. The molecule has 1 atom stereocenters. The van der Waals surface area contributed by atoms with Crippen LogP contribution in [0.25, 0.3) is 0 Å². The fourth-order valence-electron chi connectivity index (χ4n) is 3.59. The van der Waals surface area contributed by atoms with Crippen molar-refractivity contribution in [2.24, 2.45) is 7.05 Å². The van der Waals surface area contributed by atoms with Crippen LogP contribution >= 0.6 is 11.6 Å². The number of likely N-dealkylation sites (tertiary alicyclic amines) is 1. The lowest BCUT2D eigenvalue weighted by Gasteiger charge is -2.25. The zero-order chi connectivity index (χ0) is 16.8. The van der Waals surface area contributed by atoms with Gasteiger partial charge in [0.25, 0.3) is 5.91 Å². The molecule has 1 saturated heterocycles. The third kappa shape index (κ3) is 2.24. The van der Waals surface area contributed by atoms with Gasteiger partial charge in [0, 0.05) is 19.2 Å². The van der Waals surface area contributed by atoms with Crippen molar-refractivity contribution >= 4 is 17.5 Å².